The standard InChI is InChI=1S/C17H19ClN2O4S/c1-24-16-9-8-14(11-15(16)20-25(2,22)23)19-17(21)10-5-12-3-6-13(18)7-4-12/h3-4,6-9,11,20H,5,10H2,1-2H3,(H,19,21). The summed E-state index contributed by atoms with van der Waals surface area (Å²) in [5, 5.41) is 3.40. The second-order valence-electron chi connectivity index (χ2n) is 5.46. The van der Waals surface area contributed by atoms with E-state index >= 15 is 0 Å². The maximum absolute atomic E-state index is 12.1. The summed E-state index contributed by atoms with van der Waals surface area (Å²) in [4.78, 5) is 12.1. The Bertz CT molecular complexity index is 851. The maximum atomic E-state index is 12.1. The van der Waals surface area contributed by atoms with Gasteiger partial charge in [0.25, 0.3) is 0 Å². The predicted octanol–water partition coefficient (Wildman–Crippen LogP) is 3.29. The number of rotatable bonds is 7. The van der Waals surface area contributed by atoms with Crippen molar-refractivity contribution in [1.29, 1.82) is 0 Å². The monoisotopic (exact) mass is 382 g/mol. The van der Waals surface area contributed by atoms with Crippen LogP contribution in [0.5, 0.6) is 5.75 Å². The Balaban J connectivity index is 2.02. The molecule has 0 aliphatic heterocycles. The minimum absolute atomic E-state index is 0.176. The second kappa shape index (κ2) is 8.22. The molecule has 8 heteroatoms. The van der Waals surface area contributed by atoms with Crippen molar-refractivity contribution in [1.82, 2.24) is 0 Å². The number of carbonyl (C=O) groups excluding carboxylic acids is 1. The van der Waals surface area contributed by atoms with Gasteiger partial charge in [-0.2, -0.15) is 0 Å². The van der Waals surface area contributed by atoms with Gasteiger partial charge in [-0.15, -0.1) is 0 Å². The van der Waals surface area contributed by atoms with Crippen LogP contribution < -0.4 is 14.8 Å². The van der Waals surface area contributed by atoms with E-state index in [2.05, 4.69) is 10.0 Å². The van der Waals surface area contributed by atoms with Crippen LogP contribution in [0.3, 0.4) is 0 Å². The van der Waals surface area contributed by atoms with Crippen molar-refractivity contribution >= 4 is 38.9 Å². The van der Waals surface area contributed by atoms with Crippen LogP contribution in [0.15, 0.2) is 42.5 Å². The molecule has 0 spiro atoms. The highest BCUT2D eigenvalue weighted by molar-refractivity contribution is 7.92. The van der Waals surface area contributed by atoms with E-state index in [0.29, 0.717) is 29.3 Å². The van der Waals surface area contributed by atoms with Crippen LogP contribution in [-0.4, -0.2) is 27.7 Å². The van der Waals surface area contributed by atoms with E-state index in [4.69, 9.17) is 16.3 Å². The number of halogens is 1. The van der Waals surface area contributed by atoms with E-state index in [-0.39, 0.29) is 11.6 Å². The Hall–Kier alpha value is -2.25. The van der Waals surface area contributed by atoms with Gasteiger partial charge in [0.1, 0.15) is 5.75 Å². The van der Waals surface area contributed by atoms with Crippen LogP contribution in [0.25, 0.3) is 0 Å². The molecule has 25 heavy (non-hydrogen) atoms. The second-order valence-corrected chi connectivity index (χ2v) is 7.65. The molecule has 0 radical (unpaired) electrons. The van der Waals surface area contributed by atoms with E-state index in [1.165, 1.54) is 13.2 Å². The lowest BCUT2D eigenvalue weighted by atomic mass is 10.1. The fourth-order valence-electron chi connectivity index (χ4n) is 2.20. The number of anilines is 2. The highest BCUT2D eigenvalue weighted by atomic mass is 35.5. The fraction of sp³-hybridized carbons (Fsp3) is 0.235. The van der Waals surface area contributed by atoms with Crippen molar-refractivity contribution < 1.29 is 17.9 Å². The summed E-state index contributed by atoms with van der Waals surface area (Å²) in [6, 6.07) is 12.0. The third-order valence-corrected chi connectivity index (χ3v) is 4.18. The molecule has 2 N–H and O–H groups in total. The topological polar surface area (TPSA) is 84.5 Å². The molecule has 0 saturated carbocycles. The Morgan fingerprint density at radius 1 is 1.16 bits per heavy atom. The van der Waals surface area contributed by atoms with E-state index in [9.17, 15) is 13.2 Å². The molecule has 0 aromatic heterocycles. The number of ether oxygens (including phenoxy) is 1. The van der Waals surface area contributed by atoms with Gasteiger partial charge in [0.15, 0.2) is 0 Å². The first-order valence-corrected chi connectivity index (χ1v) is 9.74. The van der Waals surface area contributed by atoms with Crippen LogP contribution in [0.4, 0.5) is 11.4 Å². The van der Waals surface area contributed by atoms with E-state index in [0.717, 1.165) is 11.8 Å². The Labute approximate surface area is 152 Å². The number of methoxy groups -OCH3 is 1. The fourth-order valence-corrected chi connectivity index (χ4v) is 2.88. The van der Waals surface area contributed by atoms with Gasteiger partial charge < -0.3 is 10.1 Å². The van der Waals surface area contributed by atoms with Crippen LogP contribution in [-0.2, 0) is 21.2 Å². The average molecular weight is 383 g/mol. The van der Waals surface area contributed by atoms with Gasteiger partial charge >= 0.3 is 0 Å². The molecule has 2 rings (SSSR count). The zero-order valence-corrected chi connectivity index (χ0v) is 15.4. The van der Waals surface area contributed by atoms with Gasteiger partial charge in [-0.05, 0) is 42.3 Å². The number of hydrogen-bond donors (Lipinski definition) is 2. The van der Waals surface area contributed by atoms with E-state index in [1.807, 2.05) is 12.1 Å². The normalized spacial score (nSPS) is 11.0. The minimum Gasteiger partial charge on any atom is -0.495 e. The lowest BCUT2D eigenvalue weighted by molar-refractivity contribution is -0.116. The Kier molecular flexibility index (Phi) is 6.27. The summed E-state index contributed by atoms with van der Waals surface area (Å²) >= 11 is 5.83. The van der Waals surface area contributed by atoms with Gasteiger partial charge in [0, 0.05) is 17.1 Å². The van der Waals surface area contributed by atoms with Crippen LogP contribution in [0.1, 0.15) is 12.0 Å². The minimum atomic E-state index is -3.46. The zero-order valence-electron chi connectivity index (χ0n) is 13.9. The molecule has 2 aromatic rings. The third kappa shape index (κ3) is 6.28. The summed E-state index contributed by atoms with van der Waals surface area (Å²) in [5.41, 5.74) is 1.75. The highest BCUT2D eigenvalue weighted by Crippen LogP contribution is 2.28. The molecule has 6 nitrogen and oxygen atoms in total. The van der Waals surface area contributed by atoms with E-state index in [1.54, 1.807) is 24.3 Å². The van der Waals surface area contributed by atoms with Crippen molar-refractivity contribution in [2.45, 2.75) is 12.8 Å². The van der Waals surface area contributed by atoms with Gasteiger partial charge in [0.2, 0.25) is 15.9 Å². The molecular weight excluding hydrogens is 364 g/mol. The molecule has 0 aliphatic carbocycles. The molecule has 0 heterocycles. The number of carbonyl (C=O) groups is 1. The largest absolute Gasteiger partial charge is 0.495 e. The van der Waals surface area contributed by atoms with Crippen molar-refractivity contribution in [2.24, 2.45) is 0 Å². The van der Waals surface area contributed by atoms with Crippen LogP contribution in [0.2, 0.25) is 5.02 Å². The molecule has 0 saturated heterocycles. The quantitative estimate of drug-likeness (QED) is 0.769. The molecule has 0 unspecified atom stereocenters. The summed E-state index contributed by atoms with van der Waals surface area (Å²) < 4.78 is 30.3. The number of aryl methyl sites for hydroxylation is 1. The maximum Gasteiger partial charge on any atom is 0.229 e. The number of benzene rings is 2. The summed E-state index contributed by atoms with van der Waals surface area (Å²) in [7, 11) is -2.02. The summed E-state index contributed by atoms with van der Waals surface area (Å²) in [5.74, 6) is 0.190. The molecule has 1 amide bonds. The molecule has 0 atom stereocenters. The Morgan fingerprint density at radius 2 is 1.84 bits per heavy atom. The highest BCUT2D eigenvalue weighted by Gasteiger charge is 2.11. The molecule has 0 aliphatic rings. The molecule has 134 valence electrons. The van der Waals surface area contributed by atoms with Crippen molar-refractivity contribution in [2.75, 3.05) is 23.4 Å². The van der Waals surface area contributed by atoms with Crippen LogP contribution >= 0.6 is 11.6 Å². The first-order chi connectivity index (χ1) is 11.8. The molecular formula is C17H19ClN2O4S. The molecule has 2 aromatic carbocycles. The first-order valence-electron chi connectivity index (χ1n) is 7.47. The lowest BCUT2D eigenvalue weighted by Gasteiger charge is -2.12. The van der Waals surface area contributed by atoms with Gasteiger partial charge in [-0.3, -0.25) is 9.52 Å². The zero-order chi connectivity index (χ0) is 18.4. The summed E-state index contributed by atoms with van der Waals surface area (Å²) in [6.07, 6.45) is 1.92. The number of hydrogen-bond acceptors (Lipinski definition) is 4. The lowest BCUT2D eigenvalue weighted by Crippen LogP contribution is -2.14. The first kappa shape index (κ1) is 19.1. The number of nitrogens with one attached hydrogen (secondary N) is 2. The van der Waals surface area contributed by atoms with Gasteiger partial charge in [-0.25, -0.2) is 8.42 Å². The SMILES string of the molecule is COc1ccc(NC(=O)CCc2ccc(Cl)cc2)cc1NS(C)(=O)=O. The smallest absolute Gasteiger partial charge is 0.229 e. The Morgan fingerprint density at radius 3 is 2.44 bits per heavy atom. The molecule has 0 fully saturated rings. The van der Waals surface area contributed by atoms with Crippen molar-refractivity contribution in [3.63, 3.8) is 0 Å². The molecule has 0 bridgehead atoms. The summed E-state index contributed by atoms with van der Waals surface area (Å²) in [6.45, 7) is 0. The van der Waals surface area contributed by atoms with Crippen LogP contribution in [0, 0.1) is 0 Å². The van der Waals surface area contributed by atoms with E-state index < -0.39 is 10.0 Å². The average Bonchev–Trinajstić information content (AvgIpc) is 2.53. The van der Waals surface area contributed by atoms with Gasteiger partial charge in [0.05, 0.1) is 19.1 Å². The van der Waals surface area contributed by atoms with Crippen molar-refractivity contribution in [3.05, 3.63) is 53.1 Å². The third-order valence-electron chi connectivity index (χ3n) is 3.33. The predicted molar refractivity (Wildman–Crippen MR) is 99.9 cm³/mol. The number of amides is 1. The number of sulfonamides is 1. The van der Waals surface area contributed by atoms with Gasteiger partial charge in [-0.1, -0.05) is 23.7 Å². The van der Waals surface area contributed by atoms with Crippen molar-refractivity contribution in [3.8, 4) is 5.75 Å².